The molecule has 0 aromatic heterocycles. The summed E-state index contributed by atoms with van der Waals surface area (Å²) in [6, 6.07) is 14.4. The van der Waals surface area contributed by atoms with Crippen LogP contribution in [0, 0.1) is 30.3 Å². The van der Waals surface area contributed by atoms with E-state index in [1.807, 2.05) is 0 Å². The van der Waals surface area contributed by atoms with Gasteiger partial charge in [-0.15, -0.1) is 0 Å². The van der Waals surface area contributed by atoms with Crippen molar-refractivity contribution in [3.8, 4) is 0 Å². The predicted octanol–water partition coefficient (Wildman–Crippen LogP) is 5.66. The van der Waals surface area contributed by atoms with Crippen LogP contribution in [-0.4, -0.2) is 21.0 Å². The second-order valence-electron chi connectivity index (χ2n) is 6.13. The van der Waals surface area contributed by atoms with Crippen molar-refractivity contribution >= 4 is 52.3 Å². The van der Waals surface area contributed by atoms with Gasteiger partial charge in [-0.3, -0.25) is 35.8 Å². The van der Waals surface area contributed by atoms with Gasteiger partial charge in [-0.2, -0.15) is 5.10 Å². The number of hydrogen-bond donors (Lipinski definition) is 1. The van der Waals surface area contributed by atoms with E-state index in [2.05, 4.69) is 10.5 Å². The Morgan fingerprint density at radius 1 is 0.844 bits per heavy atom. The largest absolute Gasteiger partial charge is 0.301 e. The van der Waals surface area contributed by atoms with E-state index in [1.165, 1.54) is 24.0 Å². The highest BCUT2D eigenvalue weighted by Gasteiger charge is 2.19. The molecule has 0 bridgehead atoms. The summed E-state index contributed by atoms with van der Waals surface area (Å²) in [6.07, 6.45) is 1.24. The molecule has 0 amide bonds. The number of nitro benzene ring substituents is 3. The summed E-state index contributed by atoms with van der Waals surface area (Å²) < 4.78 is 0. The predicted molar refractivity (Wildman–Crippen MR) is 120 cm³/mol. The van der Waals surface area contributed by atoms with Gasteiger partial charge in [0, 0.05) is 27.6 Å². The molecule has 0 atom stereocenters. The molecule has 1 N–H and O–H groups in total. The van der Waals surface area contributed by atoms with E-state index in [-0.39, 0.29) is 11.4 Å². The molecule has 3 aromatic rings. The standard InChI is InChI=1S/C19H12ClN5O6S/c20-13-2-5-15(6-3-13)32-19-8-1-12(9-18(19)25(30)31)11-21-22-16-7-4-14(23(26)27)10-17(16)24(28)29/h1-11,22H/b21-11-. The highest BCUT2D eigenvalue weighted by molar-refractivity contribution is 7.99. The molecular weight excluding hydrogens is 462 g/mol. The lowest BCUT2D eigenvalue weighted by atomic mass is 10.2. The molecule has 13 heteroatoms. The van der Waals surface area contributed by atoms with E-state index >= 15 is 0 Å². The Balaban J connectivity index is 1.81. The van der Waals surface area contributed by atoms with Crippen molar-refractivity contribution in [2.75, 3.05) is 5.43 Å². The van der Waals surface area contributed by atoms with E-state index in [0.717, 1.165) is 23.1 Å². The summed E-state index contributed by atoms with van der Waals surface area (Å²) >= 11 is 7.05. The second kappa shape index (κ2) is 9.85. The molecular formula is C19H12ClN5O6S. The Hall–Kier alpha value is -4.03. The van der Waals surface area contributed by atoms with Gasteiger partial charge in [0.1, 0.15) is 5.69 Å². The van der Waals surface area contributed by atoms with Crippen molar-refractivity contribution in [2.45, 2.75) is 9.79 Å². The third-order valence-electron chi connectivity index (χ3n) is 4.01. The number of nitro groups is 3. The van der Waals surface area contributed by atoms with Crippen LogP contribution >= 0.6 is 23.4 Å². The van der Waals surface area contributed by atoms with E-state index < -0.39 is 26.1 Å². The maximum atomic E-state index is 11.5. The van der Waals surface area contributed by atoms with Crippen LogP contribution in [0.15, 0.2) is 75.6 Å². The maximum absolute atomic E-state index is 11.5. The van der Waals surface area contributed by atoms with Gasteiger partial charge in [0.2, 0.25) is 0 Å². The smallest absolute Gasteiger partial charge is 0.272 e. The summed E-state index contributed by atoms with van der Waals surface area (Å²) in [5.74, 6) is 0. The average Bonchev–Trinajstić information content (AvgIpc) is 2.76. The Morgan fingerprint density at radius 3 is 2.16 bits per heavy atom. The number of hydrogen-bond acceptors (Lipinski definition) is 9. The van der Waals surface area contributed by atoms with Gasteiger partial charge in [0.25, 0.3) is 11.4 Å². The lowest BCUT2D eigenvalue weighted by molar-refractivity contribution is -0.393. The fourth-order valence-corrected chi connectivity index (χ4v) is 3.56. The van der Waals surface area contributed by atoms with Gasteiger partial charge < -0.3 is 0 Å². The quantitative estimate of drug-likeness (QED) is 0.249. The normalized spacial score (nSPS) is 10.8. The summed E-state index contributed by atoms with van der Waals surface area (Å²) in [5.41, 5.74) is 1.63. The highest BCUT2D eigenvalue weighted by Crippen LogP contribution is 2.35. The number of hydrazone groups is 1. The molecule has 0 heterocycles. The van der Waals surface area contributed by atoms with Crippen LogP contribution in [0.25, 0.3) is 0 Å². The number of non-ortho nitro benzene ring substituents is 1. The minimum atomic E-state index is -0.779. The third-order valence-corrected chi connectivity index (χ3v) is 5.33. The van der Waals surface area contributed by atoms with Crippen molar-refractivity contribution in [1.82, 2.24) is 0 Å². The number of benzene rings is 3. The summed E-state index contributed by atoms with van der Waals surface area (Å²) in [5, 5.41) is 37.9. The van der Waals surface area contributed by atoms with Gasteiger partial charge in [-0.05, 0) is 36.4 Å². The summed E-state index contributed by atoms with van der Waals surface area (Å²) in [4.78, 5) is 32.6. The van der Waals surface area contributed by atoms with Gasteiger partial charge in [-0.1, -0.05) is 29.4 Å². The lowest BCUT2D eigenvalue weighted by Gasteiger charge is -2.05. The molecule has 0 unspecified atom stereocenters. The minimum absolute atomic E-state index is 0.0683. The highest BCUT2D eigenvalue weighted by atomic mass is 35.5. The first-order valence-electron chi connectivity index (χ1n) is 8.68. The zero-order valence-corrected chi connectivity index (χ0v) is 17.4. The molecule has 3 aromatic carbocycles. The Kier molecular flexibility index (Phi) is 6.97. The number of nitrogens with zero attached hydrogens (tertiary/aromatic N) is 4. The molecule has 0 radical (unpaired) electrons. The summed E-state index contributed by atoms with van der Waals surface area (Å²) in [6.45, 7) is 0. The number of rotatable bonds is 8. The fraction of sp³-hybridized carbons (Fsp3) is 0. The molecule has 0 saturated carbocycles. The number of anilines is 1. The lowest BCUT2D eigenvalue weighted by Crippen LogP contribution is -1.99. The van der Waals surface area contributed by atoms with Crippen molar-refractivity contribution < 1.29 is 14.8 Å². The van der Waals surface area contributed by atoms with E-state index in [1.54, 1.807) is 36.4 Å². The fourth-order valence-electron chi connectivity index (χ4n) is 2.53. The zero-order valence-electron chi connectivity index (χ0n) is 15.9. The molecule has 0 fully saturated rings. The van der Waals surface area contributed by atoms with E-state index in [9.17, 15) is 30.3 Å². The maximum Gasteiger partial charge on any atom is 0.301 e. The molecule has 0 aliphatic rings. The third kappa shape index (κ3) is 5.56. The summed E-state index contributed by atoms with van der Waals surface area (Å²) in [7, 11) is 0. The molecule has 0 saturated heterocycles. The minimum Gasteiger partial charge on any atom is -0.272 e. The van der Waals surface area contributed by atoms with Crippen LogP contribution in [0.5, 0.6) is 0 Å². The topological polar surface area (TPSA) is 154 Å². The van der Waals surface area contributed by atoms with Crippen LogP contribution in [0.3, 0.4) is 0 Å². The van der Waals surface area contributed by atoms with Gasteiger partial charge in [0.15, 0.2) is 0 Å². The van der Waals surface area contributed by atoms with Crippen LogP contribution in [-0.2, 0) is 0 Å². The SMILES string of the molecule is O=[N+]([O-])c1ccc(N/N=C\c2ccc(Sc3ccc(Cl)cc3)c([N+](=O)[O-])c2)c([N+](=O)[O-])c1. The van der Waals surface area contributed by atoms with E-state index in [0.29, 0.717) is 15.5 Å². The second-order valence-corrected chi connectivity index (χ2v) is 7.68. The Labute approximate surface area is 189 Å². The van der Waals surface area contributed by atoms with Crippen molar-refractivity contribution in [2.24, 2.45) is 5.10 Å². The molecule has 0 aliphatic carbocycles. The van der Waals surface area contributed by atoms with Crippen LogP contribution in [0.2, 0.25) is 5.02 Å². The molecule has 32 heavy (non-hydrogen) atoms. The first kappa shape index (κ1) is 22.7. The molecule has 0 aliphatic heterocycles. The Morgan fingerprint density at radius 2 is 1.53 bits per heavy atom. The van der Waals surface area contributed by atoms with Crippen molar-refractivity contribution in [3.05, 3.63) is 102 Å². The Bertz CT molecular complexity index is 1240. The molecule has 162 valence electrons. The van der Waals surface area contributed by atoms with Gasteiger partial charge >= 0.3 is 5.69 Å². The number of halogens is 1. The van der Waals surface area contributed by atoms with Crippen LogP contribution in [0.1, 0.15) is 5.56 Å². The zero-order chi connectivity index (χ0) is 23.3. The molecule has 11 nitrogen and oxygen atoms in total. The molecule has 3 rings (SSSR count). The van der Waals surface area contributed by atoms with E-state index in [4.69, 9.17) is 11.6 Å². The van der Waals surface area contributed by atoms with Crippen LogP contribution < -0.4 is 5.43 Å². The van der Waals surface area contributed by atoms with Gasteiger partial charge in [-0.25, -0.2) is 0 Å². The van der Waals surface area contributed by atoms with Crippen molar-refractivity contribution in [3.63, 3.8) is 0 Å². The first-order valence-corrected chi connectivity index (χ1v) is 9.88. The monoisotopic (exact) mass is 473 g/mol. The van der Waals surface area contributed by atoms with Crippen LogP contribution in [0.4, 0.5) is 22.7 Å². The van der Waals surface area contributed by atoms with Crippen molar-refractivity contribution in [1.29, 1.82) is 0 Å². The molecule has 0 spiro atoms. The average molecular weight is 474 g/mol. The van der Waals surface area contributed by atoms with Gasteiger partial charge in [0.05, 0.1) is 31.9 Å². The number of nitrogens with one attached hydrogen (secondary N) is 1. The first-order chi connectivity index (χ1) is 15.2.